The van der Waals surface area contributed by atoms with Crippen molar-refractivity contribution in [2.24, 2.45) is 12.0 Å². The summed E-state index contributed by atoms with van der Waals surface area (Å²) in [6.45, 7) is 16.8. The first-order valence-electron chi connectivity index (χ1n) is 11.0. The molecule has 1 N–H and O–H groups in total. The zero-order valence-electron chi connectivity index (χ0n) is 19.4. The van der Waals surface area contributed by atoms with Crippen molar-refractivity contribution >= 4 is 22.4 Å². The number of benzene rings is 1. The highest BCUT2D eigenvalue weighted by Crippen LogP contribution is 2.29. The van der Waals surface area contributed by atoms with Gasteiger partial charge in [-0.15, -0.1) is 0 Å². The van der Waals surface area contributed by atoms with Crippen LogP contribution in [0.1, 0.15) is 49.7 Å². The van der Waals surface area contributed by atoms with Gasteiger partial charge in [-0.3, -0.25) is 4.99 Å². The van der Waals surface area contributed by atoms with Gasteiger partial charge in [0.15, 0.2) is 11.2 Å². The lowest BCUT2D eigenvalue weighted by Crippen LogP contribution is -2.42. The summed E-state index contributed by atoms with van der Waals surface area (Å²) in [6.07, 6.45) is 3.33. The van der Waals surface area contributed by atoms with Crippen molar-refractivity contribution in [3.63, 3.8) is 0 Å². The third kappa shape index (κ3) is 4.11. The van der Waals surface area contributed by atoms with Crippen molar-refractivity contribution in [2.75, 3.05) is 18.0 Å². The third-order valence-electron chi connectivity index (χ3n) is 6.62. The fourth-order valence-electron chi connectivity index (χ4n) is 4.30. The van der Waals surface area contributed by atoms with Gasteiger partial charge < -0.3 is 14.6 Å². The second-order valence-corrected chi connectivity index (χ2v) is 8.99. The summed E-state index contributed by atoms with van der Waals surface area (Å²) in [4.78, 5) is 20.3. The summed E-state index contributed by atoms with van der Waals surface area (Å²) >= 11 is 0. The molecule has 4 rings (SSSR count). The fourth-order valence-corrected chi connectivity index (χ4v) is 4.30. The van der Waals surface area contributed by atoms with E-state index in [4.69, 9.17) is 21.5 Å². The number of anilines is 1. The number of fused-ring (bicyclic) bond motifs is 1. The van der Waals surface area contributed by atoms with Crippen molar-refractivity contribution in [3.8, 4) is 0 Å². The van der Waals surface area contributed by atoms with Crippen LogP contribution in [-0.4, -0.2) is 38.3 Å². The molecule has 1 atom stereocenters. The van der Waals surface area contributed by atoms with E-state index in [0.717, 1.165) is 59.6 Å². The monoisotopic (exact) mass is 430 g/mol. The van der Waals surface area contributed by atoms with Gasteiger partial charge in [0, 0.05) is 25.5 Å². The lowest BCUT2D eigenvalue weighted by molar-refractivity contribution is 0.0350. The molecule has 1 aliphatic heterocycles. The van der Waals surface area contributed by atoms with Crippen LogP contribution in [0.4, 0.5) is 11.5 Å². The lowest BCUT2D eigenvalue weighted by atomic mass is 9.94. The maximum Gasteiger partial charge on any atom is 0.190 e. The van der Waals surface area contributed by atoms with Crippen LogP contribution in [0.2, 0.25) is 0 Å². The molecule has 32 heavy (non-hydrogen) atoms. The van der Waals surface area contributed by atoms with Gasteiger partial charge in [0.05, 0.1) is 29.9 Å². The molecule has 0 radical (unpaired) electrons. The van der Waals surface area contributed by atoms with Crippen molar-refractivity contribution in [2.45, 2.75) is 52.2 Å². The molecule has 0 amide bonds. The first kappa shape index (κ1) is 22.0. The Bertz CT molecular complexity index is 1270. The van der Waals surface area contributed by atoms with Gasteiger partial charge in [0.1, 0.15) is 11.6 Å². The summed E-state index contributed by atoms with van der Waals surface area (Å²) in [5.41, 5.74) is 3.71. The average molecular weight is 431 g/mol. The molecule has 0 aliphatic carbocycles. The Labute approximate surface area is 188 Å². The van der Waals surface area contributed by atoms with Crippen molar-refractivity contribution in [3.05, 3.63) is 64.3 Å². The van der Waals surface area contributed by atoms with Crippen molar-refractivity contribution in [1.82, 2.24) is 14.5 Å². The molecule has 1 fully saturated rings. The topological polar surface area (TPSA) is 70.9 Å². The summed E-state index contributed by atoms with van der Waals surface area (Å²) in [6, 6.07) is 7.71. The van der Waals surface area contributed by atoms with Crippen LogP contribution in [0.25, 0.3) is 15.7 Å². The van der Waals surface area contributed by atoms with E-state index in [-0.39, 0.29) is 6.04 Å². The summed E-state index contributed by atoms with van der Waals surface area (Å²) in [7, 11) is 1.99. The second-order valence-electron chi connectivity index (χ2n) is 8.99. The zero-order valence-corrected chi connectivity index (χ0v) is 19.4. The van der Waals surface area contributed by atoms with E-state index in [1.807, 2.05) is 63.7 Å². The summed E-state index contributed by atoms with van der Waals surface area (Å²) in [5, 5.41) is 11.2. The van der Waals surface area contributed by atoms with Gasteiger partial charge in [-0.05, 0) is 57.7 Å². The normalized spacial score (nSPS) is 17.4. The van der Waals surface area contributed by atoms with E-state index in [0.29, 0.717) is 11.2 Å². The first-order valence-corrected chi connectivity index (χ1v) is 11.0. The van der Waals surface area contributed by atoms with E-state index >= 15 is 0 Å². The number of piperidine rings is 1. The second kappa shape index (κ2) is 8.36. The average Bonchev–Trinajstić information content (AvgIpc) is 2.77. The van der Waals surface area contributed by atoms with Gasteiger partial charge >= 0.3 is 0 Å². The number of aromatic nitrogens is 3. The molecule has 3 heterocycles. The predicted octanol–water partition coefficient (Wildman–Crippen LogP) is 4.15. The lowest BCUT2D eigenvalue weighted by Gasteiger charge is -2.36. The van der Waals surface area contributed by atoms with Crippen LogP contribution < -0.4 is 10.4 Å². The molecule has 0 bridgehead atoms. The molecule has 166 valence electrons. The summed E-state index contributed by atoms with van der Waals surface area (Å²) < 4.78 is 2.03. The largest absolute Gasteiger partial charge is 0.390 e. The van der Waals surface area contributed by atoms with Crippen molar-refractivity contribution < 1.29 is 5.11 Å². The minimum Gasteiger partial charge on any atom is -0.390 e. The Morgan fingerprint density at radius 3 is 2.66 bits per heavy atom. The van der Waals surface area contributed by atoms with E-state index < -0.39 is 5.60 Å². The molecule has 7 heteroatoms. The van der Waals surface area contributed by atoms with Gasteiger partial charge in [-0.25, -0.2) is 14.8 Å². The van der Waals surface area contributed by atoms with E-state index in [1.54, 1.807) is 0 Å². The molecule has 7 nitrogen and oxygen atoms in total. The van der Waals surface area contributed by atoms with E-state index in [2.05, 4.69) is 15.8 Å². The molecule has 0 saturated carbocycles. The zero-order chi connectivity index (χ0) is 23.0. The molecule has 0 spiro atoms. The minimum absolute atomic E-state index is 0.138. The van der Waals surface area contributed by atoms with Gasteiger partial charge in [0.2, 0.25) is 0 Å². The number of hydrogen-bond donors (Lipinski definition) is 1. The minimum atomic E-state index is -0.605. The Kier molecular flexibility index (Phi) is 5.74. The Hall–Kier alpha value is -3.24. The number of rotatable bonds is 3. The van der Waals surface area contributed by atoms with Gasteiger partial charge in [-0.2, -0.15) is 0 Å². The Balaban J connectivity index is 1.82. The highest BCUT2D eigenvalue weighted by atomic mass is 16.3. The Morgan fingerprint density at radius 2 is 1.97 bits per heavy atom. The molecule has 1 aromatic carbocycles. The number of nitrogens with zero attached hydrogens (tertiary/aromatic N) is 6. The molecule has 2 aromatic heterocycles. The highest BCUT2D eigenvalue weighted by Gasteiger charge is 2.28. The highest BCUT2D eigenvalue weighted by molar-refractivity contribution is 5.80. The molecule has 3 aromatic rings. The Morgan fingerprint density at radius 1 is 1.25 bits per heavy atom. The van der Waals surface area contributed by atoms with E-state index in [9.17, 15) is 5.11 Å². The SMILES string of the molecule is [C-]#[N+]c1cccc([C@@H](C)N=c2nc(C)n(C)c3cnc(N4CCC(C)(O)CC4)cc23)c1C. The van der Waals surface area contributed by atoms with Crippen LogP contribution >= 0.6 is 0 Å². The first-order chi connectivity index (χ1) is 15.2. The number of aliphatic hydroxyl groups is 1. The van der Waals surface area contributed by atoms with Crippen LogP contribution in [-0.2, 0) is 7.05 Å². The maximum absolute atomic E-state index is 10.3. The number of pyridine rings is 1. The van der Waals surface area contributed by atoms with Crippen LogP contribution in [0, 0.1) is 20.4 Å². The van der Waals surface area contributed by atoms with Crippen LogP contribution in [0.15, 0.2) is 35.5 Å². The molecule has 0 unspecified atom stereocenters. The smallest absolute Gasteiger partial charge is 0.190 e. The number of hydrogen-bond acceptors (Lipinski definition) is 5. The quantitative estimate of drug-likeness (QED) is 0.634. The maximum atomic E-state index is 10.3. The number of aryl methyl sites for hydroxylation is 2. The van der Waals surface area contributed by atoms with E-state index in [1.165, 1.54) is 0 Å². The van der Waals surface area contributed by atoms with Crippen LogP contribution in [0.5, 0.6) is 0 Å². The standard InChI is InChI=1S/C25H30N6O/c1-16-19(8-7-9-21(16)26-5)17(2)28-24-20-14-23(31-12-10-25(4,32)11-13-31)27-15-22(20)30(6)18(3)29-24/h7-9,14-15,17,32H,10-13H2,1-4,6H3/t17-/m1/s1. The van der Waals surface area contributed by atoms with Crippen LogP contribution in [0.3, 0.4) is 0 Å². The van der Waals surface area contributed by atoms with Crippen molar-refractivity contribution in [1.29, 1.82) is 0 Å². The van der Waals surface area contributed by atoms with Gasteiger partial charge in [-0.1, -0.05) is 18.2 Å². The molecular formula is C25H30N6O. The molecule has 1 saturated heterocycles. The summed E-state index contributed by atoms with van der Waals surface area (Å²) in [5.74, 6) is 1.74. The fraction of sp³-hybridized carbons (Fsp3) is 0.440. The molecule has 1 aliphatic rings. The predicted molar refractivity (Wildman–Crippen MR) is 127 cm³/mol. The molecular weight excluding hydrogens is 400 g/mol. The third-order valence-corrected chi connectivity index (χ3v) is 6.62. The van der Waals surface area contributed by atoms with Gasteiger partial charge in [0.25, 0.3) is 0 Å².